The van der Waals surface area contributed by atoms with Gasteiger partial charge in [0, 0.05) is 13.5 Å². The Labute approximate surface area is 53.9 Å². The molecule has 0 bridgehead atoms. The molecule has 0 radical (unpaired) electrons. The first kappa shape index (κ1) is 6.58. The molecule has 0 saturated heterocycles. The molecule has 0 aliphatic carbocycles. The Morgan fingerprint density at radius 1 is 1.89 bits per heavy atom. The van der Waals surface area contributed by atoms with Crippen molar-refractivity contribution in [3.8, 4) is 0 Å². The minimum Gasteiger partial charge on any atom is -0.467 e. The van der Waals surface area contributed by atoms with Crippen molar-refractivity contribution in [3.05, 3.63) is 12.3 Å². The van der Waals surface area contributed by atoms with E-state index in [1.54, 1.807) is 6.26 Å². The number of rotatable bonds is 2. The largest absolute Gasteiger partial charge is 0.467 e. The molecule has 3 nitrogen and oxygen atoms in total. The van der Waals surface area contributed by atoms with E-state index in [4.69, 9.17) is 14.6 Å². The van der Waals surface area contributed by atoms with Crippen LogP contribution in [0, 0.1) is 0 Å². The third-order valence-corrected chi connectivity index (χ3v) is 1.42. The van der Waals surface area contributed by atoms with Gasteiger partial charge in [-0.2, -0.15) is 0 Å². The van der Waals surface area contributed by atoms with Gasteiger partial charge < -0.3 is 14.6 Å². The first-order valence-electron chi connectivity index (χ1n) is 2.82. The van der Waals surface area contributed by atoms with Crippen molar-refractivity contribution in [2.45, 2.75) is 12.2 Å². The highest BCUT2D eigenvalue weighted by molar-refractivity contribution is 4.91. The van der Waals surface area contributed by atoms with Crippen molar-refractivity contribution in [2.24, 2.45) is 0 Å². The molecule has 52 valence electrons. The SMILES string of the molecule is COC1(CO)CC=CO1. The van der Waals surface area contributed by atoms with E-state index in [1.807, 2.05) is 6.08 Å². The van der Waals surface area contributed by atoms with Gasteiger partial charge in [0.05, 0.1) is 6.26 Å². The van der Waals surface area contributed by atoms with Crippen molar-refractivity contribution < 1.29 is 14.6 Å². The Balaban J connectivity index is 2.50. The monoisotopic (exact) mass is 130 g/mol. The lowest BCUT2D eigenvalue weighted by atomic mass is 10.2. The molecule has 3 heteroatoms. The second-order valence-corrected chi connectivity index (χ2v) is 1.97. The number of ether oxygens (including phenoxy) is 2. The van der Waals surface area contributed by atoms with E-state index >= 15 is 0 Å². The average Bonchev–Trinajstić information content (AvgIpc) is 2.36. The summed E-state index contributed by atoms with van der Waals surface area (Å²) in [5.41, 5.74) is 0. The lowest BCUT2D eigenvalue weighted by Crippen LogP contribution is -2.34. The molecule has 1 atom stereocenters. The van der Waals surface area contributed by atoms with Gasteiger partial charge in [-0.25, -0.2) is 0 Å². The van der Waals surface area contributed by atoms with Crippen LogP contribution in [0.25, 0.3) is 0 Å². The number of aliphatic hydroxyl groups is 1. The van der Waals surface area contributed by atoms with Gasteiger partial charge in [0.1, 0.15) is 6.61 Å². The summed E-state index contributed by atoms with van der Waals surface area (Å²) in [6.45, 7) is -0.101. The molecule has 0 saturated carbocycles. The zero-order valence-corrected chi connectivity index (χ0v) is 5.33. The van der Waals surface area contributed by atoms with Gasteiger partial charge in [-0.3, -0.25) is 0 Å². The van der Waals surface area contributed by atoms with Gasteiger partial charge in [-0.15, -0.1) is 0 Å². The fraction of sp³-hybridized carbons (Fsp3) is 0.667. The number of hydrogen-bond donors (Lipinski definition) is 1. The standard InChI is InChI=1S/C6H10O3/c1-8-6(5-7)3-2-4-9-6/h2,4,7H,3,5H2,1H3. The van der Waals surface area contributed by atoms with Crippen LogP contribution in [0.5, 0.6) is 0 Å². The number of hydrogen-bond acceptors (Lipinski definition) is 3. The van der Waals surface area contributed by atoms with Crippen molar-refractivity contribution >= 4 is 0 Å². The Morgan fingerprint density at radius 2 is 2.67 bits per heavy atom. The molecule has 1 N–H and O–H groups in total. The molecule has 0 fully saturated rings. The highest BCUT2D eigenvalue weighted by Crippen LogP contribution is 2.22. The molecule has 1 aliphatic rings. The van der Waals surface area contributed by atoms with E-state index in [2.05, 4.69) is 0 Å². The number of methoxy groups -OCH3 is 1. The summed E-state index contributed by atoms with van der Waals surface area (Å²) in [4.78, 5) is 0. The molecule has 0 aromatic carbocycles. The Hall–Kier alpha value is -0.540. The summed E-state index contributed by atoms with van der Waals surface area (Å²) in [7, 11) is 1.52. The van der Waals surface area contributed by atoms with Crippen LogP contribution < -0.4 is 0 Å². The summed E-state index contributed by atoms with van der Waals surface area (Å²) in [5, 5.41) is 8.73. The van der Waals surface area contributed by atoms with Crippen LogP contribution in [0.2, 0.25) is 0 Å². The van der Waals surface area contributed by atoms with E-state index in [0.29, 0.717) is 6.42 Å². The van der Waals surface area contributed by atoms with Gasteiger partial charge in [0.25, 0.3) is 0 Å². The Bertz CT molecular complexity index is 105. The quantitative estimate of drug-likeness (QED) is 0.582. The van der Waals surface area contributed by atoms with Crippen LogP contribution in [0.1, 0.15) is 6.42 Å². The molecule has 0 amide bonds. The van der Waals surface area contributed by atoms with E-state index in [0.717, 1.165) is 0 Å². The van der Waals surface area contributed by atoms with E-state index < -0.39 is 5.79 Å². The smallest absolute Gasteiger partial charge is 0.236 e. The third-order valence-electron chi connectivity index (χ3n) is 1.42. The maximum Gasteiger partial charge on any atom is 0.236 e. The molecule has 1 rings (SSSR count). The minimum atomic E-state index is -0.778. The van der Waals surface area contributed by atoms with Gasteiger partial charge in [0.2, 0.25) is 5.79 Å². The maximum atomic E-state index is 8.73. The summed E-state index contributed by atoms with van der Waals surface area (Å²) < 4.78 is 9.90. The molecule has 1 heterocycles. The Morgan fingerprint density at radius 3 is 2.89 bits per heavy atom. The summed E-state index contributed by atoms with van der Waals surface area (Å²) >= 11 is 0. The minimum absolute atomic E-state index is 0.101. The molecule has 0 aromatic rings. The molecule has 0 spiro atoms. The second kappa shape index (κ2) is 2.37. The van der Waals surface area contributed by atoms with Crippen molar-refractivity contribution in [2.75, 3.05) is 13.7 Å². The van der Waals surface area contributed by atoms with Crippen LogP contribution in [0.3, 0.4) is 0 Å². The van der Waals surface area contributed by atoms with Crippen LogP contribution >= 0.6 is 0 Å². The third kappa shape index (κ3) is 1.06. The summed E-state index contributed by atoms with van der Waals surface area (Å²) in [5.74, 6) is -0.778. The highest BCUT2D eigenvalue weighted by atomic mass is 16.7. The highest BCUT2D eigenvalue weighted by Gasteiger charge is 2.31. The van der Waals surface area contributed by atoms with Crippen molar-refractivity contribution in [1.82, 2.24) is 0 Å². The van der Waals surface area contributed by atoms with Crippen LogP contribution in [-0.4, -0.2) is 24.6 Å². The molecule has 1 aliphatic heterocycles. The van der Waals surface area contributed by atoms with Crippen LogP contribution in [0.4, 0.5) is 0 Å². The van der Waals surface area contributed by atoms with Gasteiger partial charge >= 0.3 is 0 Å². The van der Waals surface area contributed by atoms with Crippen molar-refractivity contribution in [1.29, 1.82) is 0 Å². The van der Waals surface area contributed by atoms with E-state index in [-0.39, 0.29) is 6.61 Å². The predicted octanol–water partition coefficient (Wildman–Crippen LogP) is 0.255. The van der Waals surface area contributed by atoms with Crippen LogP contribution in [0.15, 0.2) is 12.3 Å². The first-order valence-corrected chi connectivity index (χ1v) is 2.82. The Kier molecular flexibility index (Phi) is 1.73. The summed E-state index contributed by atoms with van der Waals surface area (Å²) in [6, 6.07) is 0. The molecule has 0 aromatic heterocycles. The van der Waals surface area contributed by atoms with E-state index in [1.165, 1.54) is 7.11 Å². The first-order chi connectivity index (χ1) is 4.33. The van der Waals surface area contributed by atoms with Crippen molar-refractivity contribution in [3.63, 3.8) is 0 Å². The molecule has 9 heavy (non-hydrogen) atoms. The lowest BCUT2D eigenvalue weighted by Gasteiger charge is -2.23. The average molecular weight is 130 g/mol. The molecular weight excluding hydrogens is 120 g/mol. The second-order valence-electron chi connectivity index (χ2n) is 1.97. The van der Waals surface area contributed by atoms with Gasteiger partial charge in [-0.05, 0) is 6.08 Å². The van der Waals surface area contributed by atoms with E-state index in [9.17, 15) is 0 Å². The molecule has 1 unspecified atom stereocenters. The molecular formula is C6H10O3. The van der Waals surface area contributed by atoms with Crippen LogP contribution in [-0.2, 0) is 9.47 Å². The zero-order valence-electron chi connectivity index (χ0n) is 5.33. The summed E-state index contributed by atoms with van der Waals surface area (Å²) in [6.07, 6.45) is 3.99. The maximum absolute atomic E-state index is 8.73. The predicted molar refractivity (Wildman–Crippen MR) is 31.7 cm³/mol. The number of aliphatic hydroxyl groups excluding tert-OH is 1. The fourth-order valence-corrected chi connectivity index (χ4v) is 0.746. The normalized spacial score (nSPS) is 32.7. The van der Waals surface area contributed by atoms with Gasteiger partial charge in [-0.1, -0.05) is 0 Å². The zero-order chi connectivity index (χ0) is 6.74. The lowest BCUT2D eigenvalue weighted by molar-refractivity contribution is -0.198. The van der Waals surface area contributed by atoms with Gasteiger partial charge in [0.15, 0.2) is 0 Å². The fourth-order valence-electron chi connectivity index (χ4n) is 0.746. The topological polar surface area (TPSA) is 38.7 Å².